The van der Waals surface area contributed by atoms with Crippen LogP contribution >= 0.6 is 0 Å². The number of hydrogen-bond acceptors (Lipinski definition) is 6. The van der Waals surface area contributed by atoms with Crippen LogP contribution < -0.4 is 5.32 Å². The monoisotopic (exact) mass is 477 g/mol. The van der Waals surface area contributed by atoms with Gasteiger partial charge in [-0.1, -0.05) is 48.0 Å². The molecule has 0 atom stereocenters. The topological polar surface area (TPSA) is 120 Å². The molecular weight excluding hydrogens is 446 g/mol. The molecule has 3 N–H and O–H groups in total. The van der Waals surface area contributed by atoms with Gasteiger partial charge in [0.1, 0.15) is 0 Å². The van der Waals surface area contributed by atoms with E-state index in [1.165, 1.54) is 5.06 Å². The molecule has 0 saturated carbocycles. The van der Waals surface area contributed by atoms with Gasteiger partial charge >= 0.3 is 16.1 Å². The number of rotatable bonds is 5. The second-order valence-corrected chi connectivity index (χ2v) is 9.78. The van der Waals surface area contributed by atoms with Crippen molar-refractivity contribution in [3.05, 3.63) is 65.7 Å². The van der Waals surface area contributed by atoms with Crippen LogP contribution in [0.4, 0.5) is 4.79 Å². The van der Waals surface area contributed by atoms with Crippen molar-refractivity contribution in [1.82, 2.24) is 15.3 Å². The molecule has 4 rings (SSSR count). The Morgan fingerprint density at radius 2 is 1.58 bits per heavy atom. The molecule has 0 unspecified atom stereocenters. The van der Waals surface area contributed by atoms with Gasteiger partial charge in [-0.3, -0.25) is 0 Å². The van der Waals surface area contributed by atoms with Crippen LogP contribution in [0, 0.1) is 6.92 Å². The Hall–Kier alpha value is -2.50. The van der Waals surface area contributed by atoms with Crippen molar-refractivity contribution in [2.75, 3.05) is 39.4 Å². The highest BCUT2D eigenvalue weighted by Gasteiger charge is 2.40. The molecule has 2 fully saturated rings. The molecule has 2 amide bonds. The number of ether oxygens (including phenoxy) is 1. The van der Waals surface area contributed by atoms with Gasteiger partial charge in [-0.05, 0) is 37.5 Å². The maximum Gasteiger partial charge on any atom is 0.318 e. The first kappa shape index (κ1) is 25.1. The van der Waals surface area contributed by atoms with Crippen molar-refractivity contribution in [2.45, 2.75) is 30.2 Å². The third-order valence-corrected chi connectivity index (χ3v) is 7.32. The number of morpholine rings is 1. The number of nitrogens with one attached hydrogen (secondary N) is 1. The van der Waals surface area contributed by atoms with Crippen LogP contribution in [0.15, 0.2) is 59.5 Å². The molecule has 0 aromatic heterocycles. The van der Waals surface area contributed by atoms with E-state index >= 15 is 0 Å². The van der Waals surface area contributed by atoms with E-state index in [1.54, 1.807) is 29.2 Å². The Morgan fingerprint density at radius 1 is 0.970 bits per heavy atom. The summed E-state index contributed by atoms with van der Waals surface area (Å²) >= 11 is 0. The summed E-state index contributed by atoms with van der Waals surface area (Å²) in [7, 11) is -3.90. The zero-order chi connectivity index (χ0) is 22.6. The van der Waals surface area contributed by atoms with Crippen molar-refractivity contribution in [2.24, 2.45) is 0 Å². The van der Waals surface area contributed by atoms with Crippen LogP contribution in [0.1, 0.15) is 24.0 Å². The van der Waals surface area contributed by atoms with Gasteiger partial charge in [0, 0.05) is 26.2 Å². The van der Waals surface area contributed by atoms with Crippen molar-refractivity contribution in [3.63, 3.8) is 0 Å². The minimum Gasteiger partial charge on any atom is -0.412 e. The second kappa shape index (κ2) is 10.6. The summed E-state index contributed by atoms with van der Waals surface area (Å²) < 4.78 is 36.1. The number of urea groups is 1. The zero-order valence-corrected chi connectivity index (χ0v) is 19.5. The lowest BCUT2D eigenvalue weighted by molar-refractivity contribution is -0.0837. The van der Waals surface area contributed by atoms with Crippen molar-refractivity contribution >= 4 is 16.1 Å². The van der Waals surface area contributed by atoms with Crippen LogP contribution in [0.3, 0.4) is 0 Å². The molecule has 0 radical (unpaired) electrons. The maximum atomic E-state index is 13.0. The van der Waals surface area contributed by atoms with E-state index < -0.39 is 15.7 Å². The third-order valence-electron chi connectivity index (χ3n) is 6.06. The average Bonchev–Trinajstić information content (AvgIpc) is 2.82. The summed E-state index contributed by atoms with van der Waals surface area (Å²) in [5.41, 5.74) is 1.39. The lowest BCUT2D eigenvalue weighted by Gasteiger charge is -2.43. The van der Waals surface area contributed by atoms with E-state index in [-0.39, 0.29) is 16.4 Å². The highest BCUT2D eigenvalue weighted by Crippen LogP contribution is 2.34. The maximum absolute atomic E-state index is 13.0. The van der Waals surface area contributed by atoms with Crippen LogP contribution in [0.25, 0.3) is 0 Å². The minimum atomic E-state index is -3.90. The molecule has 2 saturated heterocycles. The van der Waals surface area contributed by atoms with E-state index in [1.807, 2.05) is 37.3 Å². The fraction of sp³-hybridized carbons (Fsp3) is 0.435. The number of amides is 2. The molecule has 9 nitrogen and oxygen atoms in total. The standard InChI is InChI=1S/C23H29N3O5S.H2O/c1-19-7-9-21(10-8-19)32(28,29)31-26-13-11-23(12-14-26,20-5-3-2-4-6-20)24-22(27)25-15-17-30-18-16-25;/h2-10H,11-18H2,1H3,(H,24,27);1H2. The molecule has 2 aliphatic rings. The highest BCUT2D eigenvalue weighted by atomic mass is 32.2. The lowest BCUT2D eigenvalue weighted by Crippen LogP contribution is -2.57. The molecule has 2 heterocycles. The summed E-state index contributed by atoms with van der Waals surface area (Å²) in [6, 6.07) is 16.3. The summed E-state index contributed by atoms with van der Waals surface area (Å²) in [5, 5.41) is 4.71. The van der Waals surface area contributed by atoms with E-state index in [0.717, 1.165) is 11.1 Å². The van der Waals surface area contributed by atoms with Gasteiger partial charge in [0.25, 0.3) is 0 Å². The molecule has 2 aliphatic heterocycles. The molecule has 0 bridgehead atoms. The summed E-state index contributed by atoms with van der Waals surface area (Å²) in [5.74, 6) is 0. The Balaban J connectivity index is 0.00000306. The van der Waals surface area contributed by atoms with E-state index in [2.05, 4.69) is 5.32 Å². The number of aryl methyl sites for hydroxylation is 1. The zero-order valence-electron chi connectivity index (χ0n) is 18.7. The fourth-order valence-corrected chi connectivity index (χ4v) is 5.10. The minimum absolute atomic E-state index is 0. The van der Waals surface area contributed by atoms with Crippen LogP contribution in [-0.2, 0) is 24.7 Å². The molecule has 2 aromatic rings. The molecule has 2 aromatic carbocycles. The summed E-state index contributed by atoms with van der Waals surface area (Å²) in [6.45, 7) is 4.80. The van der Waals surface area contributed by atoms with Gasteiger partial charge in [-0.25, -0.2) is 4.79 Å². The fourth-order valence-electron chi connectivity index (χ4n) is 4.12. The van der Waals surface area contributed by atoms with Gasteiger partial charge in [0.15, 0.2) is 0 Å². The molecule has 0 spiro atoms. The first-order chi connectivity index (χ1) is 15.4. The van der Waals surface area contributed by atoms with E-state index in [0.29, 0.717) is 52.2 Å². The van der Waals surface area contributed by atoms with Crippen LogP contribution in [0.5, 0.6) is 0 Å². The number of carbonyl (C=O) groups excluding carboxylic acids is 1. The Bertz CT molecular complexity index is 1020. The smallest absolute Gasteiger partial charge is 0.318 e. The number of nitrogens with zero attached hydrogens (tertiary/aromatic N) is 2. The molecule has 33 heavy (non-hydrogen) atoms. The van der Waals surface area contributed by atoms with Gasteiger partial charge in [-0.2, -0.15) is 17.8 Å². The van der Waals surface area contributed by atoms with Gasteiger partial charge < -0.3 is 20.4 Å². The van der Waals surface area contributed by atoms with Crippen molar-refractivity contribution < 1.29 is 27.7 Å². The van der Waals surface area contributed by atoms with Crippen molar-refractivity contribution in [3.8, 4) is 0 Å². The Morgan fingerprint density at radius 3 is 2.18 bits per heavy atom. The molecule has 10 heteroatoms. The largest absolute Gasteiger partial charge is 0.412 e. The Labute approximate surface area is 194 Å². The van der Waals surface area contributed by atoms with Crippen LogP contribution in [-0.4, -0.2) is 69.3 Å². The quantitative estimate of drug-likeness (QED) is 0.702. The first-order valence-corrected chi connectivity index (χ1v) is 12.3. The summed E-state index contributed by atoms with van der Waals surface area (Å²) in [4.78, 5) is 14.9. The number of carbonyl (C=O) groups is 1. The SMILES string of the molecule is Cc1ccc(S(=O)(=O)ON2CCC(NC(=O)N3CCOCC3)(c3ccccc3)CC2)cc1.O. The van der Waals surface area contributed by atoms with Crippen LogP contribution in [0.2, 0.25) is 0 Å². The third kappa shape index (κ3) is 5.90. The normalized spacial score (nSPS) is 18.9. The lowest BCUT2D eigenvalue weighted by atomic mass is 9.81. The van der Waals surface area contributed by atoms with E-state index in [9.17, 15) is 13.2 Å². The molecular formula is C23H31N3O6S. The molecule has 0 aliphatic carbocycles. The summed E-state index contributed by atoms with van der Waals surface area (Å²) in [6.07, 6.45) is 1.05. The number of piperidine rings is 1. The predicted molar refractivity (Wildman–Crippen MR) is 123 cm³/mol. The van der Waals surface area contributed by atoms with Crippen molar-refractivity contribution in [1.29, 1.82) is 0 Å². The highest BCUT2D eigenvalue weighted by molar-refractivity contribution is 7.86. The van der Waals surface area contributed by atoms with Gasteiger partial charge in [0.05, 0.1) is 23.6 Å². The number of benzene rings is 2. The number of hydroxylamine groups is 2. The number of hydrogen-bond donors (Lipinski definition) is 1. The Kier molecular flexibility index (Phi) is 8.09. The van der Waals surface area contributed by atoms with Gasteiger partial charge in [0.2, 0.25) is 0 Å². The van der Waals surface area contributed by atoms with E-state index in [4.69, 9.17) is 9.02 Å². The molecule has 180 valence electrons. The predicted octanol–water partition coefficient (Wildman–Crippen LogP) is 1.82. The first-order valence-electron chi connectivity index (χ1n) is 10.8. The average molecular weight is 478 g/mol. The second-order valence-electron chi connectivity index (χ2n) is 8.25. The van der Waals surface area contributed by atoms with Gasteiger partial charge in [-0.15, -0.1) is 0 Å².